The molecule has 0 fully saturated rings. The Morgan fingerprint density at radius 3 is 2.64 bits per heavy atom. The summed E-state index contributed by atoms with van der Waals surface area (Å²) in [6, 6.07) is 8.32. The molecule has 1 aromatic rings. The fourth-order valence-electron chi connectivity index (χ4n) is 1.28. The van der Waals surface area contributed by atoms with Crippen LogP contribution in [-0.2, 0) is 0 Å². The highest BCUT2D eigenvalue weighted by atomic mass is 16.0. The summed E-state index contributed by atoms with van der Waals surface area (Å²) in [6.45, 7) is 0. The third-order valence-corrected chi connectivity index (χ3v) is 1.84. The molecular formula is C9H11NO. The molecule has 58 valence electrons. The first kappa shape index (κ1) is 7.98. The number of hydrogen-bond acceptors (Lipinski definition) is 1. The maximum absolute atomic E-state index is 5.76. The van der Waals surface area contributed by atoms with Gasteiger partial charge in [-0.1, -0.05) is 36.4 Å². The van der Waals surface area contributed by atoms with Gasteiger partial charge >= 0.3 is 0 Å². The van der Waals surface area contributed by atoms with Crippen molar-refractivity contribution in [2.24, 2.45) is 5.73 Å². The van der Waals surface area contributed by atoms with Gasteiger partial charge in [0.05, 0.1) is 0 Å². The van der Waals surface area contributed by atoms with E-state index in [1.165, 1.54) is 11.1 Å². The Kier molecular flexibility index (Phi) is 2.08. The van der Waals surface area contributed by atoms with Crippen LogP contribution in [0.2, 0.25) is 0 Å². The summed E-state index contributed by atoms with van der Waals surface area (Å²) >= 11 is 0. The molecule has 2 nitrogen and oxygen atoms in total. The van der Waals surface area contributed by atoms with Gasteiger partial charge in [-0.05, 0) is 11.1 Å². The lowest BCUT2D eigenvalue weighted by atomic mass is 10.1. The molecule has 1 aromatic carbocycles. The van der Waals surface area contributed by atoms with E-state index in [9.17, 15) is 0 Å². The highest BCUT2D eigenvalue weighted by Crippen LogP contribution is 2.24. The molecule has 0 bridgehead atoms. The Balaban J connectivity index is 0.000000605. The summed E-state index contributed by atoms with van der Waals surface area (Å²) in [5.74, 6) is 0. The monoisotopic (exact) mass is 149 g/mol. The van der Waals surface area contributed by atoms with E-state index in [-0.39, 0.29) is 11.5 Å². The Morgan fingerprint density at radius 2 is 1.91 bits per heavy atom. The van der Waals surface area contributed by atoms with Crippen LogP contribution in [0.3, 0.4) is 0 Å². The fraction of sp³-hybridized carbons (Fsp3) is 0.111. The van der Waals surface area contributed by atoms with Gasteiger partial charge in [0.25, 0.3) is 0 Å². The number of benzene rings is 1. The predicted molar refractivity (Wildman–Crippen MR) is 46.0 cm³/mol. The smallest absolute Gasteiger partial charge is 0.0490 e. The summed E-state index contributed by atoms with van der Waals surface area (Å²) in [4.78, 5) is 0. The molecule has 0 aromatic heterocycles. The molecule has 0 spiro atoms. The maximum atomic E-state index is 5.76. The summed E-state index contributed by atoms with van der Waals surface area (Å²) < 4.78 is 0. The lowest BCUT2D eigenvalue weighted by Crippen LogP contribution is -2.03. The highest BCUT2D eigenvalue weighted by Gasteiger charge is 2.10. The van der Waals surface area contributed by atoms with Crippen LogP contribution in [0.1, 0.15) is 17.2 Å². The van der Waals surface area contributed by atoms with Gasteiger partial charge in [-0.3, -0.25) is 0 Å². The molecule has 1 atom stereocenters. The third-order valence-electron chi connectivity index (χ3n) is 1.84. The topological polar surface area (TPSA) is 57.5 Å². The first-order valence-electron chi connectivity index (χ1n) is 3.40. The lowest BCUT2D eigenvalue weighted by molar-refractivity contribution is 0.824. The molecule has 1 unspecified atom stereocenters. The Bertz CT molecular complexity index is 281. The number of rotatable bonds is 0. The molecule has 1 aliphatic rings. The van der Waals surface area contributed by atoms with Crippen LogP contribution in [0.25, 0.3) is 6.08 Å². The minimum absolute atomic E-state index is 0. The van der Waals surface area contributed by atoms with E-state index in [1.807, 2.05) is 18.2 Å². The Morgan fingerprint density at radius 1 is 1.18 bits per heavy atom. The van der Waals surface area contributed by atoms with Crippen molar-refractivity contribution in [3.8, 4) is 0 Å². The number of nitrogens with two attached hydrogens (primary N) is 1. The van der Waals surface area contributed by atoms with Crippen LogP contribution in [-0.4, -0.2) is 5.48 Å². The molecule has 0 amide bonds. The second-order valence-electron chi connectivity index (χ2n) is 2.51. The van der Waals surface area contributed by atoms with E-state index >= 15 is 0 Å². The van der Waals surface area contributed by atoms with Gasteiger partial charge in [-0.15, -0.1) is 0 Å². The summed E-state index contributed by atoms with van der Waals surface area (Å²) in [5.41, 5.74) is 8.26. The van der Waals surface area contributed by atoms with Crippen molar-refractivity contribution in [3.05, 3.63) is 41.5 Å². The molecule has 2 rings (SSSR count). The predicted octanol–water partition coefficient (Wildman–Crippen LogP) is 0.888. The zero-order chi connectivity index (χ0) is 6.97. The first-order valence-corrected chi connectivity index (χ1v) is 3.40. The molecule has 0 saturated carbocycles. The van der Waals surface area contributed by atoms with Crippen molar-refractivity contribution >= 4 is 6.08 Å². The van der Waals surface area contributed by atoms with Crippen molar-refractivity contribution in [3.63, 3.8) is 0 Å². The first-order chi connectivity index (χ1) is 4.88. The van der Waals surface area contributed by atoms with E-state index in [0.29, 0.717) is 0 Å². The molecule has 1 aliphatic carbocycles. The molecule has 0 heterocycles. The van der Waals surface area contributed by atoms with Gasteiger partial charge < -0.3 is 11.2 Å². The van der Waals surface area contributed by atoms with Gasteiger partial charge in [0.15, 0.2) is 0 Å². The second kappa shape index (κ2) is 2.86. The normalized spacial score (nSPS) is 19.2. The van der Waals surface area contributed by atoms with Crippen molar-refractivity contribution in [1.82, 2.24) is 0 Å². The van der Waals surface area contributed by atoms with E-state index in [2.05, 4.69) is 18.2 Å². The zero-order valence-corrected chi connectivity index (χ0v) is 6.12. The van der Waals surface area contributed by atoms with Gasteiger partial charge in [0.1, 0.15) is 0 Å². The van der Waals surface area contributed by atoms with Crippen LogP contribution in [0.4, 0.5) is 0 Å². The van der Waals surface area contributed by atoms with Crippen LogP contribution < -0.4 is 5.73 Å². The third kappa shape index (κ3) is 1.18. The zero-order valence-electron chi connectivity index (χ0n) is 6.12. The van der Waals surface area contributed by atoms with Crippen LogP contribution in [0.5, 0.6) is 0 Å². The van der Waals surface area contributed by atoms with E-state index in [4.69, 9.17) is 5.73 Å². The Labute approximate surface area is 65.7 Å². The molecular weight excluding hydrogens is 138 g/mol. The molecule has 2 heteroatoms. The van der Waals surface area contributed by atoms with Crippen LogP contribution >= 0.6 is 0 Å². The van der Waals surface area contributed by atoms with Gasteiger partial charge in [-0.2, -0.15) is 0 Å². The van der Waals surface area contributed by atoms with Crippen molar-refractivity contribution in [2.75, 3.05) is 0 Å². The minimum atomic E-state index is 0. The number of fused-ring (bicyclic) bond motifs is 1. The van der Waals surface area contributed by atoms with Gasteiger partial charge in [0, 0.05) is 6.04 Å². The van der Waals surface area contributed by atoms with E-state index in [1.54, 1.807) is 0 Å². The summed E-state index contributed by atoms with van der Waals surface area (Å²) in [5, 5.41) is 0. The largest absolute Gasteiger partial charge is 0.412 e. The molecule has 0 aliphatic heterocycles. The van der Waals surface area contributed by atoms with Crippen LogP contribution in [0.15, 0.2) is 30.3 Å². The summed E-state index contributed by atoms with van der Waals surface area (Å²) in [6.07, 6.45) is 4.09. The van der Waals surface area contributed by atoms with Gasteiger partial charge in [0.2, 0.25) is 0 Å². The minimum Gasteiger partial charge on any atom is -0.412 e. The van der Waals surface area contributed by atoms with Crippen molar-refractivity contribution in [2.45, 2.75) is 6.04 Å². The van der Waals surface area contributed by atoms with E-state index in [0.717, 1.165) is 0 Å². The number of hydrogen-bond donors (Lipinski definition) is 1. The standard InChI is InChI=1S/C9H9N.H2O/c10-9-6-5-7-3-1-2-4-8(7)9;/h1-6,9H,10H2;1H2. The molecule has 0 saturated heterocycles. The van der Waals surface area contributed by atoms with Crippen LogP contribution in [0, 0.1) is 0 Å². The van der Waals surface area contributed by atoms with Crippen molar-refractivity contribution < 1.29 is 5.48 Å². The van der Waals surface area contributed by atoms with E-state index < -0.39 is 0 Å². The average molecular weight is 149 g/mol. The molecule has 4 N–H and O–H groups in total. The highest BCUT2D eigenvalue weighted by molar-refractivity contribution is 5.61. The average Bonchev–Trinajstić information content (AvgIpc) is 2.34. The summed E-state index contributed by atoms with van der Waals surface area (Å²) in [7, 11) is 0. The lowest BCUT2D eigenvalue weighted by Gasteiger charge is -2.01. The Hall–Kier alpha value is -1.12. The maximum Gasteiger partial charge on any atom is 0.0490 e. The quantitative estimate of drug-likeness (QED) is 0.585. The van der Waals surface area contributed by atoms with Gasteiger partial charge in [-0.25, -0.2) is 0 Å². The molecule has 11 heavy (non-hydrogen) atoms. The van der Waals surface area contributed by atoms with Crippen molar-refractivity contribution in [1.29, 1.82) is 0 Å². The SMILES string of the molecule is NC1C=Cc2ccccc21.O. The molecule has 0 radical (unpaired) electrons. The second-order valence-corrected chi connectivity index (χ2v) is 2.51. The fourth-order valence-corrected chi connectivity index (χ4v) is 1.28.